The number of ether oxygens (including phenoxy) is 1. The van der Waals surface area contributed by atoms with Crippen LogP contribution in [0, 0.1) is 0 Å². The maximum atomic E-state index is 10.3. The van der Waals surface area contributed by atoms with Crippen LogP contribution in [-0.4, -0.2) is 32.3 Å². The lowest BCUT2D eigenvalue weighted by atomic mass is 10.1. The molecule has 1 atom stereocenters. The summed E-state index contributed by atoms with van der Waals surface area (Å²) >= 11 is 0. The van der Waals surface area contributed by atoms with Crippen molar-refractivity contribution in [2.24, 2.45) is 0 Å². The third kappa shape index (κ3) is 30.1. The molecule has 0 aliphatic rings. The number of hydrogen-bond acceptors (Lipinski definition) is 4. The van der Waals surface area contributed by atoms with Gasteiger partial charge in [-0.3, -0.25) is 4.55 Å². The monoisotopic (exact) mass is 438 g/mol. The van der Waals surface area contributed by atoms with E-state index in [2.05, 4.69) is 31.9 Å². The van der Waals surface area contributed by atoms with Crippen LogP contribution >= 0.6 is 0 Å². The average molecular weight is 439 g/mol. The summed E-state index contributed by atoms with van der Waals surface area (Å²) in [6.45, 7) is 8.90. The topological polar surface area (TPSA) is 72.8 Å². The molecule has 0 amide bonds. The van der Waals surface area contributed by atoms with Gasteiger partial charge in [-0.2, -0.15) is 8.42 Å². The van der Waals surface area contributed by atoms with Crippen molar-refractivity contribution < 1.29 is 21.9 Å². The number of hydrogen-bond donors (Lipinski definition) is 1. The molecule has 0 rings (SSSR count). The lowest BCUT2D eigenvalue weighted by molar-refractivity contribution is 0.0206. The number of unbranched alkanes of at least 4 members (excludes halogenated alkanes) is 11. The fraction of sp³-hybridized carbons (Fsp3) is 1.00. The Bertz CT molecular complexity index is 390. The zero-order valence-corrected chi connectivity index (χ0v) is 20.6. The van der Waals surface area contributed by atoms with Gasteiger partial charge in [0.15, 0.2) is 0 Å². The summed E-state index contributed by atoms with van der Waals surface area (Å²) in [7, 11) is -4.34. The zero-order chi connectivity index (χ0) is 22.2. The van der Waals surface area contributed by atoms with Gasteiger partial charge in [0.05, 0.1) is 19.3 Å². The molecule has 178 valence electrons. The van der Waals surface area contributed by atoms with Crippen LogP contribution in [-0.2, 0) is 19.3 Å². The molecule has 29 heavy (non-hydrogen) atoms. The predicted molar refractivity (Wildman–Crippen MR) is 124 cm³/mol. The summed E-state index contributed by atoms with van der Waals surface area (Å²) in [5, 5.41) is 0. The van der Waals surface area contributed by atoms with Crippen molar-refractivity contribution in [1.82, 2.24) is 0 Å². The van der Waals surface area contributed by atoms with E-state index in [1.54, 1.807) is 0 Å². The van der Waals surface area contributed by atoms with Crippen molar-refractivity contribution in [3.05, 3.63) is 0 Å². The Morgan fingerprint density at radius 1 is 0.621 bits per heavy atom. The Kier molecular flexibility index (Phi) is 25.8. The molecular formula is C23H50O5S. The first-order chi connectivity index (χ1) is 13.9. The molecule has 0 aliphatic heterocycles. The fourth-order valence-corrected chi connectivity index (χ4v) is 3.38. The Balaban J connectivity index is 0. The van der Waals surface area contributed by atoms with E-state index in [0.29, 0.717) is 0 Å². The molecule has 5 nitrogen and oxygen atoms in total. The third-order valence-electron chi connectivity index (χ3n) is 4.89. The summed E-state index contributed by atoms with van der Waals surface area (Å²) in [6, 6.07) is 0. The third-order valence-corrected chi connectivity index (χ3v) is 5.35. The maximum absolute atomic E-state index is 10.3. The second kappa shape index (κ2) is 24.1. The second-order valence-corrected chi connectivity index (χ2v) is 8.95. The van der Waals surface area contributed by atoms with Gasteiger partial charge in [-0.25, -0.2) is 4.18 Å². The van der Waals surface area contributed by atoms with Gasteiger partial charge in [-0.15, -0.1) is 0 Å². The molecule has 0 aromatic carbocycles. The molecular weight excluding hydrogens is 388 g/mol. The van der Waals surface area contributed by atoms with Gasteiger partial charge in [0.2, 0.25) is 0 Å². The van der Waals surface area contributed by atoms with Gasteiger partial charge >= 0.3 is 10.4 Å². The van der Waals surface area contributed by atoms with Crippen molar-refractivity contribution in [3.63, 3.8) is 0 Å². The lowest BCUT2D eigenvalue weighted by Gasteiger charge is -2.17. The molecule has 1 unspecified atom stereocenters. The van der Waals surface area contributed by atoms with Crippen LogP contribution in [0.3, 0.4) is 0 Å². The van der Waals surface area contributed by atoms with E-state index in [0.717, 1.165) is 32.1 Å². The minimum atomic E-state index is -4.34. The molecule has 6 heteroatoms. The Morgan fingerprint density at radius 3 is 1.48 bits per heavy atom. The van der Waals surface area contributed by atoms with Gasteiger partial charge in [0, 0.05) is 0 Å². The molecule has 1 N–H and O–H groups in total. The highest BCUT2D eigenvalue weighted by molar-refractivity contribution is 7.80. The van der Waals surface area contributed by atoms with Crippen LogP contribution in [0.15, 0.2) is 0 Å². The lowest BCUT2D eigenvalue weighted by Crippen LogP contribution is -2.18. The first-order valence-electron chi connectivity index (χ1n) is 12.1. The summed E-state index contributed by atoms with van der Waals surface area (Å²) in [6.07, 6.45) is 20.8. The zero-order valence-electron chi connectivity index (χ0n) is 19.8. The molecule has 0 radical (unpaired) electrons. The van der Waals surface area contributed by atoms with Crippen molar-refractivity contribution >= 4 is 10.4 Å². The largest absolute Gasteiger partial charge is 0.397 e. The quantitative estimate of drug-likeness (QED) is 0.157. The maximum Gasteiger partial charge on any atom is 0.397 e. The van der Waals surface area contributed by atoms with Crippen LogP contribution < -0.4 is 0 Å². The van der Waals surface area contributed by atoms with E-state index in [-0.39, 0.29) is 19.3 Å². The fourth-order valence-electron chi connectivity index (χ4n) is 3.10. The molecule has 0 aliphatic carbocycles. The van der Waals surface area contributed by atoms with Gasteiger partial charge in [0.25, 0.3) is 0 Å². The first kappa shape index (κ1) is 31.0. The van der Waals surface area contributed by atoms with Gasteiger partial charge in [-0.1, -0.05) is 118 Å². The van der Waals surface area contributed by atoms with Gasteiger partial charge < -0.3 is 4.74 Å². The van der Waals surface area contributed by atoms with Crippen molar-refractivity contribution in [1.29, 1.82) is 0 Å². The van der Waals surface area contributed by atoms with E-state index >= 15 is 0 Å². The van der Waals surface area contributed by atoms with Gasteiger partial charge in [-0.05, 0) is 12.8 Å². The van der Waals surface area contributed by atoms with E-state index in [1.807, 2.05) is 0 Å². The Hall–Kier alpha value is -0.170. The molecule has 0 aromatic heterocycles. The predicted octanol–water partition coefficient (Wildman–Crippen LogP) is 7.50. The normalized spacial score (nSPS) is 12.4. The van der Waals surface area contributed by atoms with Gasteiger partial charge in [0.1, 0.15) is 0 Å². The van der Waals surface area contributed by atoms with Crippen LogP contribution in [0.25, 0.3) is 0 Å². The SMILES string of the molecule is CCCCCC(CCCC)OCCOS(=O)(=O)O.CCCCCCCCCCC. The highest BCUT2D eigenvalue weighted by Gasteiger charge is 2.10. The average Bonchev–Trinajstić information content (AvgIpc) is 2.68. The number of rotatable bonds is 20. The Morgan fingerprint density at radius 2 is 1.03 bits per heavy atom. The van der Waals surface area contributed by atoms with Crippen LogP contribution in [0.4, 0.5) is 0 Å². The summed E-state index contributed by atoms with van der Waals surface area (Å²) < 4.78 is 38.9. The van der Waals surface area contributed by atoms with Crippen LogP contribution in [0.1, 0.15) is 130 Å². The van der Waals surface area contributed by atoms with Crippen molar-refractivity contribution in [3.8, 4) is 0 Å². The minimum absolute atomic E-state index is 0.130. The molecule has 0 heterocycles. The second-order valence-electron chi connectivity index (χ2n) is 7.86. The van der Waals surface area contributed by atoms with E-state index in [1.165, 1.54) is 70.6 Å². The molecule has 0 aromatic rings. The van der Waals surface area contributed by atoms with E-state index in [4.69, 9.17) is 9.29 Å². The summed E-state index contributed by atoms with van der Waals surface area (Å²) in [4.78, 5) is 0. The molecule has 0 spiro atoms. The Labute approximate surface area is 182 Å². The molecule has 0 fully saturated rings. The van der Waals surface area contributed by atoms with Crippen LogP contribution in [0.2, 0.25) is 0 Å². The van der Waals surface area contributed by atoms with E-state index < -0.39 is 10.4 Å². The van der Waals surface area contributed by atoms with Crippen molar-refractivity contribution in [2.75, 3.05) is 13.2 Å². The molecule has 0 saturated carbocycles. The first-order valence-corrected chi connectivity index (χ1v) is 13.5. The summed E-state index contributed by atoms with van der Waals surface area (Å²) in [5.74, 6) is 0. The highest BCUT2D eigenvalue weighted by Crippen LogP contribution is 2.13. The minimum Gasteiger partial charge on any atom is -0.376 e. The molecule has 0 saturated heterocycles. The van der Waals surface area contributed by atoms with E-state index in [9.17, 15) is 8.42 Å². The van der Waals surface area contributed by atoms with Crippen molar-refractivity contribution in [2.45, 2.75) is 137 Å². The van der Waals surface area contributed by atoms with Crippen LogP contribution in [0.5, 0.6) is 0 Å². The standard InChI is InChI=1S/C12H26O5S.C11H24/c1-3-5-7-9-12(8-6-4-2)16-10-11-17-18(13,14)15;1-3-5-7-9-11-10-8-6-4-2/h12H,3-11H2,1-2H3,(H,13,14,15);3-11H2,1-2H3. The summed E-state index contributed by atoms with van der Waals surface area (Å²) in [5.41, 5.74) is 0. The highest BCUT2D eigenvalue weighted by atomic mass is 32.3. The smallest absolute Gasteiger partial charge is 0.376 e. The molecule has 0 bridgehead atoms.